The van der Waals surface area contributed by atoms with Crippen LogP contribution in [-0.2, 0) is 6.42 Å². The summed E-state index contributed by atoms with van der Waals surface area (Å²) < 4.78 is 0. The molecule has 1 N–H and O–H groups in total. The van der Waals surface area contributed by atoms with E-state index in [1.165, 1.54) is 0 Å². The highest BCUT2D eigenvalue weighted by molar-refractivity contribution is 7.45. The van der Waals surface area contributed by atoms with Crippen LogP contribution in [0.2, 0.25) is 12.1 Å². The molecule has 5 heteroatoms. The number of hydrogen-bond donors (Lipinski definition) is 1. The minimum atomic E-state index is -2.09. The van der Waals surface area contributed by atoms with Gasteiger partial charge in [-0.15, -0.1) is 22.2 Å². The van der Waals surface area contributed by atoms with E-state index in [9.17, 15) is 4.79 Å². The normalized spacial score (nSPS) is 11.5. The summed E-state index contributed by atoms with van der Waals surface area (Å²) in [5, 5.41) is 8.77. The quantitative estimate of drug-likeness (QED) is 0.628. The molecule has 0 amide bonds. The van der Waals surface area contributed by atoms with Gasteiger partial charge in [-0.3, -0.25) is 0 Å². The number of carboxylic acids is 1. The molecule has 0 aliphatic heterocycles. The Morgan fingerprint density at radius 1 is 1.24 bits per heavy atom. The molecule has 0 radical (unpaired) electrons. The molecule has 0 saturated carbocycles. The zero-order chi connectivity index (χ0) is 12.9. The Labute approximate surface area is 112 Å². The minimum Gasteiger partial charge on any atom is -0.478 e. The van der Waals surface area contributed by atoms with Gasteiger partial charge in [0.25, 0.3) is 6.69 Å². The zero-order valence-corrected chi connectivity index (χ0v) is 12.3. The van der Waals surface area contributed by atoms with Gasteiger partial charge >= 0.3 is 5.97 Å². The second-order valence-corrected chi connectivity index (χ2v) is 11.7. The first kappa shape index (κ1) is 14.5. The monoisotopic (exact) mass is 290 g/mol. The SMILES string of the molecule is CCC[Si](Cl)(Cl)CCc1ccc(C(=O)O)cc1. The number of aromatic carboxylic acids is 1. The topological polar surface area (TPSA) is 37.3 Å². The first-order valence-electron chi connectivity index (χ1n) is 5.64. The second kappa shape index (κ2) is 6.43. The van der Waals surface area contributed by atoms with Crippen LogP contribution in [0.5, 0.6) is 0 Å². The summed E-state index contributed by atoms with van der Waals surface area (Å²) >= 11 is 12.6. The number of hydrogen-bond acceptors (Lipinski definition) is 1. The number of benzene rings is 1. The fourth-order valence-corrected chi connectivity index (χ4v) is 4.97. The smallest absolute Gasteiger partial charge is 0.335 e. The average Bonchev–Trinajstić information content (AvgIpc) is 2.27. The van der Waals surface area contributed by atoms with E-state index in [1.54, 1.807) is 12.1 Å². The van der Waals surface area contributed by atoms with Gasteiger partial charge in [-0.1, -0.05) is 25.5 Å². The van der Waals surface area contributed by atoms with E-state index in [1.807, 2.05) is 12.1 Å². The summed E-state index contributed by atoms with van der Waals surface area (Å²) in [5.41, 5.74) is 1.40. The van der Waals surface area contributed by atoms with E-state index < -0.39 is 12.7 Å². The predicted molar refractivity (Wildman–Crippen MR) is 74.5 cm³/mol. The van der Waals surface area contributed by atoms with Gasteiger partial charge in [-0.25, -0.2) is 4.79 Å². The van der Waals surface area contributed by atoms with Crippen molar-refractivity contribution in [3.63, 3.8) is 0 Å². The van der Waals surface area contributed by atoms with Crippen molar-refractivity contribution >= 4 is 34.8 Å². The summed E-state index contributed by atoms with van der Waals surface area (Å²) in [7, 11) is 0. The lowest BCUT2D eigenvalue weighted by molar-refractivity contribution is 0.0697. The predicted octanol–water partition coefficient (Wildman–Crippen LogP) is 4.26. The third-order valence-electron chi connectivity index (χ3n) is 2.60. The van der Waals surface area contributed by atoms with Crippen LogP contribution < -0.4 is 0 Å². The van der Waals surface area contributed by atoms with Crippen LogP contribution in [0.4, 0.5) is 0 Å². The Kier molecular flexibility index (Phi) is 5.50. The Bertz CT molecular complexity index is 377. The summed E-state index contributed by atoms with van der Waals surface area (Å²) in [5.74, 6) is -0.902. The van der Waals surface area contributed by atoms with Crippen molar-refractivity contribution in [3.8, 4) is 0 Å². The molecule has 94 valence electrons. The van der Waals surface area contributed by atoms with Crippen molar-refractivity contribution in [3.05, 3.63) is 35.4 Å². The van der Waals surface area contributed by atoms with Gasteiger partial charge in [0.05, 0.1) is 5.56 Å². The van der Waals surface area contributed by atoms with Gasteiger partial charge in [0.15, 0.2) is 0 Å². The molecule has 0 spiro atoms. The molecule has 0 atom stereocenters. The van der Waals surface area contributed by atoms with Crippen LogP contribution in [0, 0.1) is 0 Å². The number of carboxylic acid groups (broad SMARTS) is 1. The molecule has 1 aromatic rings. The van der Waals surface area contributed by atoms with Gasteiger partial charge in [0, 0.05) is 0 Å². The molecule has 0 unspecified atom stereocenters. The van der Waals surface area contributed by atoms with E-state index in [0.29, 0.717) is 5.56 Å². The highest BCUT2D eigenvalue weighted by Gasteiger charge is 2.26. The molecular weight excluding hydrogens is 275 g/mol. The van der Waals surface area contributed by atoms with Crippen LogP contribution in [0.1, 0.15) is 29.3 Å². The molecule has 0 aliphatic rings. The fourth-order valence-electron chi connectivity index (χ4n) is 1.63. The number of halogens is 2. The van der Waals surface area contributed by atoms with Crippen molar-refractivity contribution in [1.29, 1.82) is 0 Å². The second-order valence-electron chi connectivity index (χ2n) is 4.11. The van der Waals surface area contributed by atoms with Gasteiger partial charge in [0.1, 0.15) is 0 Å². The Hall–Kier alpha value is -0.513. The van der Waals surface area contributed by atoms with Crippen molar-refractivity contribution in [2.24, 2.45) is 0 Å². The molecule has 0 bridgehead atoms. The summed E-state index contributed by atoms with van der Waals surface area (Å²) in [6.07, 6.45) is 1.83. The molecule has 17 heavy (non-hydrogen) atoms. The lowest BCUT2D eigenvalue weighted by atomic mass is 10.1. The van der Waals surface area contributed by atoms with Gasteiger partial charge in [-0.2, -0.15) is 0 Å². The zero-order valence-electron chi connectivity index (χ0n) is 9.75. The molecule has 0 heterocycles. The first-order valence-corrected chi connectivity index (χ1v) is 10.1. The number of rotatable bonds is 6. The molecule has 0 saturated heterocycles. The van der Waals surface area contributed by atoms with Gasteiger partial charge in [0.2, 0.25) is 0 Å². The van der Waals surface area contributed by atoms with Crippen molar-refractivity contribution in [1.82, 2.24) is 0 Å². The van der Waals surface area contributed by atoms with E-state index in [0.717, 1.165) is 30.5 Å². The maximum atomic E-state index is 10.7. The first-order chi connectivity index (χ1) is 7.94. The fraction of sp³-hybridized carbons (Fsp3) is 0.417. The highest BCUT2D eigenvalue weighted by atomic mass is 35.7. The summed E-state index contributed by atoms with van der Waals surface area (Å²) in [6.45, 7) is -0.0159. The summed E-state index contributed by atoms with van der Waals surface area (Å²) in [4.78, 5) is 10.7. The van der Waals surface area contributed by atoms with Crippen LogP contribution in [-0.4, -0.2) is 17.8 Å². The van der Waals surface area contributed by atoms with Crippen molar-refractivity contribution in [2.75, 3.05) is 0 Å². The van der Waals surface area contributed by atoms with Crippen molar-refractivity contribution < 1.29 is 9.90 Å². The minimum absolute atomic E-state index is 0.308. The van der Waals surface area contributed by atoms with Gasteiger partial charge < -0.3 is 5.11 Å². The maximum absolute atomic E-state index is 10.7. The Balaban J connectivity index is 2.55. The number of aryl methyl sites for hydroxylation is 1. The van der Waals surface area contributed by atoms with E-state index in [4.69, 9.17) is 27.3 Å². The van der Waals surface area contributed by atoms with Gasteiger partial charge in [-0.05, 0) is 36.2 Å². The molecule has 1 aromatic carbocycles. The number of carbonyl (C=O) groups is 1. The molecule has 2 nitrogen and oxygen atoms in total. The van der Waals surface area contributed by atoms with Crippen LogP contribution >= 0.6 is 22.2 Å². The van der Waals surface area contributed by atoms with Crippen LogP contribution in [0.3, 0.4) is 0 Å². The molecular formula is C12H16Cl2O2Si. The lowest BCUT2D eigenvalue weighted by Gasteiger charge is -2.15. The highest BCUT2D eigenvalue weighted by Crippen LogP contribution is 2.28. The third kappa shape index (κ3) is 5.11. The van der Waals surface area contributed by atoms with E-state index in [2.05, 4.69) is 6.92 Å². The molecule has 1 rings (SSSR count). The average molecular weight is 291 g/mol. The maximum Gasteiger partial charge on any atom is 0.335 e. The lowest BCUT2D eigenvalue weighted by Crippen LogP contribution is -2.18. The Morgan fingerprint density at radius 2 is 1.82 bits per heavy atom. The van der Waals surface area contributed by atoms with Crippen LogP contribution in [0.15, 0.2) is 24.3 Å². The largest absolute Gasteiger partial charge is 0.478 e. The van der Waals surface area contributed by atoms with Crippen molar-refractivity contribution in [2.45, 2.75) is 31.9 Å². The van der Waals surface area contributed by atoms with Crippen LogP contribution in [0.25, 0.3) is 0 Å². The molecule has 0 fully saturated rings. The summed E-state index contributed by atoms with van der Waals surface area (Å²) in [6, 6.07) is 8.60. The molecule has 0 aliphatic carbocycles. The molecule has 0 aromatic heterocycles. The standard InChI is InChI=1S/C12H16Cl2O2Si/c1-2-8-17(13,14)9-7-10-3-5-11(6-4-10)12(15)16/h3-6H,2,7-9H2,1H3,(H,15,16). The van der Waals surface area contributed by atoms with E-state index >= 15 is 0 Å². The third-order valence-corrected chi connectivity index (χ3v) is 7.08. The Morgan fingerprint density at radius 3 is 2.29 bits per heavy atom. The van der Waals surface area contributed by atoms with E-state index in [-0.39, 0.29) is 0 Å².